The predicted octanol–water partition coefficient (Wildman–Crippen LogP) is 2.04. The molecule has 0 spiro atoms. The number of ether oxygens (including phenoxy) is 1. The van der Waals surface area contributed by atoms with Crippen molar-refractivity contribution in [1.29, 1.82) is 0 Å². The number of amides is 1. The van der Waals surface area contributed by atoms with Crippen LogP contribution in [0.1, 0.15) is 12.0 Å². The maximum Gasteiger partial charge on any atom is 0.410 e. The quantitative estimate of drug-likeness (QED) is 0.896. The summed E-state index contributed by atoms with van der Waals surface area (Å²) < 4.78 is 5.11. The first-order chi connectivity index (χ1) is 8.19. The molecule has 1 N–H and O–H groups in total. The fourth-order valence-electron chi connectivity index (χ4n) is 1.81. The molecule has 1 aromatic carbocycles. The van der Waals surface area contributed by atoms with Gasteiger partial charge in [0, 0.05) is 24.6 Å². The monoisotopic (exact) mass is 255 g/mol. The molecule has 1 atom stereocenters. The zero-order chi connectivity index (χ0) is 12.3. The lowest BCUT2D eigenvalue weighted by atomic mass is 10.2. The SMILES string of the molecule is O=C1OC(CCO)CN1Cc1ccc(Cl)cc1. The van der Waals surface area contributed by atoms with Crippen LogP contribution >= 0.6 is 11.6 Å². The summed E-state index contributed by atoms with van der Waals surface area (Å²) in [4.78, 5) is 13.2. The van der Waals surface area contributed by atoms with Gasteiger partial charge in [-0.05, 0) is 17.7 Å². The molecule has 0 aromatic heterocycles. The van der Waals surface area contributed by atoms with E-state index in [1.807, 2.05) is 12.1 Å². The highest BCUT2D eigenvalue weighted by molar-refractivity contribution is 6.30. The highest BCUT2D eigenvalue weighted by Crippen LogP contribution is 2.18. The van der Waals surface area contributed by atoms with Gasteiger partial charge in [0.2, 0.25) is 0 Å². The second-order valence-electron chi connectivity index (χ2n) is 4.03. The highest BCUT2D eigenvalue weighted by Gasteiger charge is 2.30. The topological polar surface area (TPSA) is 49.8 Å². The number of rotatable bonds is 4. The fraction of sp³-hybridized carbons (Fsp3) is 0.417. The highest BCUT2D eigenvalue weighted by atomic mass is 35.5. The molecule has 1 saturated heterocycles. The number of hydrogen-bond donors (Lipinski definition) is 1. The van der Waals surface area contributed by atoms with Gasteiger partial charge in [-0.3, -0.25) is 0 Å². The van der Waals surface area contributed by atoms with Gasteiger partial charge in [0.15, 0.2) is 0 Å². The van der Waals surface area contributed by atoms with Crippen molar-refractivity contribution in [1.82, 2.24) is 4.90 Å². The van der Waals surface area contributed by atoms with Gasteiger partial charge >= 0.3 is 6.09 Å². The molecule has 4 nitrogen and oxygen atoms in total. The van der Waals surface area contributed by atoms with E-state index in [0.29, 0.717) is 24.5 Å². The lowest BCUT2D eigenvalue weighted by Gasteiger charge is -2.12. The van der Waals surface area contributed by atoms with Gasteiger partial charge in [0.1, 0.15) is 6.10 Å². The second-order valence-corrected chi connectivity index (χ2v) is 4.46. The summed E-state index contributed by atoms with van der Waals surface area (Å²) in [5, 5.41) is 9.47. The van der Waals surface area contributed by atoms with E-state index in [1.54, 1.807) is 17.0 Å². The van der Waals surface area contributed by atoms with Gasteiger partial charge in [-0.15, -0.1) is 0 Å². The molecule has 2 rings (SSSR count). The molecule has 1 fully saturated rings. The fourth-order valence-corrected chi connectivity index (χ4v) is 1.93. The number of nitrogens with zero attached hydrogens (tertiary/aromatic N) is 1. The van der Waals surface area contributed by atoms with E-state index in [0.717, 1.165) is 5.56 Å². The van der Waals surface area contributed by atoms with Crippen LogP contribution in [-0.4, -0.2) is 35.4 Å². The Morgan fingerprint density at radius 3 is 2.76 bits per heavy atom. The van der Waals surface area contributed by atoms with Gasteiger partial charge in [-0.2, -0.15) is 0 Å². The first kappa shape index (κ1) is 12.2. The normalized spacial score (nSPS) is 19.5. The maximum absolute atomic E-state index is 11.5. The van der Waals surface area contributed by atoms with Gasteiger partial charge in [0.05, 0.1) is 6.54 Å². The zero-order valence-corrected chi connectivity index (χ0v) is 10.1. The van der Waals surface area contributed by atoms with Crippen LogP contribution < -0.4 is 0 Å². The minimum Gasteiger partial charge on any atom is -0.444 e. The van der Waals surface area contributed by atoms with Crippen molar-refractivity contribution in [3.05, 3.63) is 34.9 Å². The molecule has 0 bridgehead atoms. The summed E-state index contributed by atoms with van der Waals surface area (Å²) in [6.45, 7) is 1.08. The van der Waals surface area contributed by atoms with Crippen molar-refractivity contribution in [2.24, 2.45) is 0 Å². The van der Waals surface area contributed by atoms with E-state index in [4.69, 9.17) is 21.4 Å². The van der Waals surface area contributed by atoms with Crippen LogP contribution in [0.4, 0.5) is 4.79 Å². The number of carbonyl (C=O) groups excluding carboxylic acids is 1. The Labute approximate surface area is 105 Å². The van der Waals surface area contributed by atoms with Gasteiger partial charge in [0.25, 0.3) is 0 Å². The van der Waals surface area contributed by atoms with Gasteiger partial charge in [-0.25, -0.2) is 4.79 Å². The Balaban J connectivity index is 1.95. The van der Waals surface area contributed by atoms with Crippen molar-refractivity contribution in [3.8, 4) is 0 Å². The molecule has 0 aliphatic carbocycles. The second kappa shape index (κ2) is 5.38. The van der Waals surface area contributed by atoms with Crippen molar-refractivity contribution in [3.63, 3.8) is 0 Å². The minimum atomic E-state index is -0.321. The lowest BCUT2D eigenvalue weighted by Crippen LogP contribution is -2.24. The molecule has 0 saturated carbocycles. The first-order valence-corrected chi connectivity index (χ1v) is 5.87. The van der Waals surface area contributed by atoms with E-state index in [-0.39, 0.29) is 18.8 Å². The Bertz CT molecular complexity index is 393. The van der Waals surface area contributed by atoms with Crippen molar-refractivity contribution in [2.45, 2.75) is 19.1 Å². The predicted molar refractivity (Wildman–Crippen MR) is 63.8 cm³/mol. The van der Waals surface area contributed by atoms with Gasteiger partial charge in [-0.1, -0.05) is 23.7 Å². The Hall–Kier alpha value is -1.26. The van der Waals surface area contributed by atoms with Crippen LogP contribution in [0, 0.1) is 0 Å². The zero-order valence-electron chi connectivity index (χ0n) is 9.30. The molecule has 0 radical (unpaired) electrons. The minimum absolute atomic E-state index is 0.0345. The average Bonchev–Trinajstić information content (AvgIpc) is 2.63. The smallest absolute Gasteiger partial charge is 0.410 e. The van der Waals surface area contributed by atoms with Crippen LogP contribution in [-0.2, 0) is 11.3 Å². The summed E-state index contributed by atoms with van der Waals surface area (Å²) in [6.07, 6.45) is -0.0266. The number of benzene rings is 1. The van der Waals surface area contributed by atoms with E-state index >= 15 is 0 Å². The number of aliphatic hydroxyl groups is 1. The first-order valence-electron chi connectivity index (χ1n) is 5.50. The molecule has 5 heteroatoms. The Morgan fingerprint density at radius 1 is 1.41 bits per heavy atom. The van der Waals surface area contributed by atoms with Gasteiger partial charge < -0.3 is 14.7 Å². The third kappa shape index (κ3) is 3.11. The molecule has 1 aliphatic rings. The third-order valence-electron chi connectivity index (χ3n) is 2.69. The molecule has 1 amide bonds. The average molecular weight is 256 g/mol. The number of aliphatic hydroxyl groups excluding tert-OH is 1. The number of carbonyl (C=O) groups is 1. The number of halogens is 1. The lowest BCUT2D eigenvalue weighted by molar-refractivity contribution is 0.117. The van der Waals surface area contributed by atoms with Crippen LogP contribution in [0.3, 0.4) is 0 Å². The van der Waals surface area contributed by atoms with Crippen molar-refractivity contribution >= 4 is 17.7 Å². The van der Waals surface area contributed by atoms with Crippen LogP contribution in [0.15, 0.2) is 24.3 Å². The largest absolute Gasteiger partial charge is 0.444 e. The van der Waals surface area contributed by atoms with Crippen molar-refractivity contribution < 1.29 is 14.6 Å². The van der Waals surface area contributed by atoms with Crippen LogP contribution in [0.2, 0.25) is 5.02 Å². The van der Waals surface area contributed by atoms with Crippen molar-refractivity contribution in [2.75, 3.05) is 13.2 Å². The number of cyclic esters (lactones) is 1. The molecule has 92 valence electrons. The standard InChI is InChI=1S/C12H14ClNO3/c13-10-3-1-9(2-4-10)7-14-8-11(5-6-15)17-12(14)16/h1-4,11,15H,5-8H2. The molecule has 1 aromatic rings. The summed E-state index contributed by atoms with van der Waals surface area (Å²) in [7, 11) is 0. The molecule has 1 aliphatic heterocycles. The molecule has 1 heterocycles. The summed E-state index contributed by atoms with van der Waals surface area (Å²) in [6, 6.07) is 7.36. The maximum atomic E-state index is 11.5. The number of hydrogen-bond acceptors (Lipinski definition) is 3. The summed E-state index contributed by atoms with van der Waals surface area (Å²) >= 11 is 5.79. The summed E-state index contributed by atoms with van der Waals surface area (Å²) in [5.41, 5.74) is 1.01. The van der Waals surface area contributed by atoms with E-state index in [1.165, 1.54) is 0 Å². The Morgan fingerprint density at radius 2 is 2.12 bits per heavy atom. The molecule has 17 heavy (non-hydrogen) atoms. The molecular formula is C12H14ClNO3. The third-order valence-corrected chi connectivity index (χ3v) is 2.94. The Kier molecular flexibility index (Phi) is 3.86. The van der Waals surface area contributed by atoms with Crippen LogP contribution in [0.5, 0.6) is 0 Å². The molecule has 1 unspecified atom stereocenters. The molecular weight excluding hydrogens is 242 g/mol. The van der Waals surface area contributed by atoms with E-state index in [9.17, 15) is 4.79 Å². The van der Waals surface area contributed by atoms with Crippen LogP contribution in [0.25, 0.3) is 0 Å². The van der Waals surface area contributed by atoms with E-state index < -0.39 is 0 Å². The summed E-state index contributed by atoms with van der Waals surface area (Å²) in [5.74, 6) is 0. The van der Waals surface area contributed by atoms with E-state index in [2.05, 4.69) is 0 Å².